The van der Waals surface area contributed by atoms with Crippen LogP contribution < -0.4 is 0 Å². The first-order valence-electron chi connectivity index (χ1n) is 5.16. The van der Waals surface area contributed by atoms with Crippen molar-refractivity contribution in [3.05, 3.63) is 62.3 Å². The highest BCUT2D eigenvalue weighted by atomic mass is 79.9. The van der Waals surface area contributed by atoms with Crippen LogP contribution >= 0.6 is 27.3 Å². The lowest BCUT2D eigenvalue weighted by molar-refractivity contribution is 0.104. The molecule has 0 saturated carbocycles. The fourth-order valence-electron chi connectivity index (χ4n) is 1.44. The highest BCUT2D eigenvalue weighted by molar-refractivity contribution is 9.10. The largest absolute Gasteiger partial charge is 0.288 e. The second-order valence-corrected chi connectivity index (χ2v) is 5.39. The van der Waals surface area contributed by atoms with Crippen molar-refractivity contribution in [2.75, 3.05) is 0 Å². The Morgan fingerprint density at radius 1 is 1.33 bits per heavy atom. The minimum Gasteiger partial charge on any atom is -0.288 e. The SMILES string of the molecule is N#CC(=Cc1cc(Br)cs1)C(=O)c1ccccc1. The van der Waals surface area contributed by atoms with E-state index in [0.29, 0.717) is 5.56 Å². The summed E-state index contributed by atoms with van der Waals surface area (Å²) in [6.07, 6.45) is 1.62. The van der Waals surface area contributed by atoms with Crippen molar-refractivity contribution >= 4 is 39.1 Å². The average Bonchev–Trinajstić information content (AvgIpc) is 2.82. The Morgan fingerprint density at radius 2 is 2.06 bits per heavy atom. The van der Waals surface area contributed by atoms with E-state index in [4.69, 9.17) is 5.26 Å². The first kappa shape index (κ1) is 12.7. The summed E-state index contributed by atoms with van der Waals surface area (Å²) in [6.45, 7) is 0. The summed E-state index contributed by atoms with van der Waals surface area (Å²) in [5, 5.41) is 11.0. The molecule has 0 unspecified atom stereocenters. The Labute approximate surface area is 117 Å². The number of carbonyl (C=O) groups excluding carboxylic acids is 1. The lowest BCUT2D eigenvalue weighted by Crippen LogP contribution is -2.01. The van der Waals surface area contributed by atoms with Gasteiger partial charge in [-0.2, -0.15) is 5.26 Å². The van der Waals surface area contributed by atoms with Crippen molar-refractivity contribution in [1.82, 2.24) is 0 Å². The summed E-state index contributed by atoms with van der Waals surface area (Å²) in [7, 11) is 0. The third kappa shape index (κ3) is 2.95. The quantitative estimate of drug-likeness (QED) is 0.481. The van der Waals surface area contributed by atoms with E-state index in [0.717, 1.165) is 9.35 Å². The van der Waals surface area contributed by atoms with Crippen LogP contribution in [0.4, 0.5) is 0 Å². The molecule has 0 aliphatic carbocycles. The molecule has 1 heterocycles. The molecule has 88 valence electrons. The standard InChI is InChI=1S/C14H8BrNOS/c15-12-7-13(18-9-12)6-11(8-16)14(17)10-4-2-1-3-5-10/h1-7,9H. The van der Waals surface area contributed by atoms with Crippen LogP contribution in [0.3, 0.4) is 0 Å². The first-order valence-corrected chi connectivity index (χ1v) is 6.83. The van der Waals surface area contributed by atoms with Crippen molar-refractivity contribution in [1.29, 1.82) is 5.26 Å². The minimum atomic E-state index is -0.248. The van der Waals surface area contributed by atoms with Gasteiger partial charge in [0.05, 0.1) is 0 Å². The molecule has 0 amide bonds. The van der Waals surface area contributed by atoms with Crippen molar-refractivity contribution in [3.8, 4) is 6.07 Å². The number of nitrogens with zero attached hydrogens (tertiary/aromatic N) is 1. The summed E-state index contributed by atoms with van der Waals surface area (Å²) in [4.78, 5) is 13.0. The number of nitriles is 1. The van der Waals surface area contributed by atoms with Crippen LogP contribution in [0.25, 0.3) is 6.08 Å². The Bertz CT molecular complexity index is 637. The molecule has 2 nitrogen and oxygen atoms in total. The van der Waals surface area contributed by atoms with Gasteiger partial charge in [-0.3, -0.25) is 4.79 Å². The number of Topliss-reactive ketones (excluding diaryl/α,β-unsaturated/α-hetero) is 1. The predicted molar refractivity (Wildman–Crippen MR) is 76.4 cm³/mol. The number of hydrogen-bond acceptors (Lipinski definition) is 3. The molecule has 0 aliphatic rings. The fraction of sp³-hybridized carbons (Fsp3) is 0. The molecule has 0 fully saturated rings. The topological polar surface area (TPSA) is 40.9 Å². The number of halogens is 1. The van der Waals surface area contributed by atoms with Gasteiger partial charge in [0.15, 0.2) is 0 Å². The molecule has 1 aromatic carbocycles. The average molecular weight is 318 g/mol. The van der Waals surface area contributed by atoms with Crippen LogP contribution in [-0.2, 0) is 0 Å². The molecule has 2 aromatic rings. The van der Waals surface area contributed by atoms with Crippen LogP contribution in [0.1, 0.15) is 15.2 Å². The van der Waals surface area contributed by atoms with Gasteiger partial charge < -0.3 is 0 Å². The zero-order valence-electron chi connectivity index (χ0n) is 9.26. The second kappa shape index (κ2) is 5.76. The van der Waals surface area contributed by atoms with Gasteiger partial charge in [-0.25, -0.2) is 0 Å². The lowest BCUT2D eigenvalue weighted by Gasteiger charge is -1.97. The smallest absolute Gasteiger partial charge is 0.203 e. The van der Waals surface area contributed by atoms with Crippen molar-refractivity contribution < 1.29 is 4.79 Å². The summed E-state index contributed by atoms with van der Waals surface area (Å²) >= 11 is 4.82. The molecule has 0 N–H and O–H groups in total. The maximum absolute atomic E-state index is 12.1. The molecule has 0 bridgehead atoms. The summed E-state index contributed by atoms with van der Waals surface area (Å²) < 4.78 is 0.947. The summed E-state index contributed by atoms with van der Waals surface area (Å²) in [5.41, 5.74) is 0.677. The van der Waals surface area contributed by atoms with Gasteiger partial charge in [0, 0.05) is 20.3 Å². The van der Waals surface area contributed by atoms with Gasteiger partial charge in [-0.05, 0) is 28.1 Å². The molecule has 4 heteroatoms. The van der Waals surface area contributed by atoms with Gasteiger partial charge in [-0.1, -0.05) is 30.3 Å². The van der Waals surface area contributed by atoms with Crippen molar-refractivity contribution in [2.45, 2.75) is 0 Å². The van der Waals surface area contributed by atoms with E-state index in [9.17, 15) is 4.79 Å². The van der Waals surface area contributed by atoms with E-state index in [1.54, 1.807) is 30.3 Å². The third-order valence-corrected chi connectivity index (χ3v) is 3.92. The first-order chi connectivity index (χ1) is 8.70. The molecule has 0 saturated heterocycles. The normalized spacial score (nSPS) is 11.0. The molecule has 1 aromatic heterocycles. The summed E-state index contributed by atoms with van der Waals surface area (Å²) in [5.74, 6) is -0.248. The van der Waals surface area contributed by atoms with Crippen molar-refractivity contribution in [3.63, 3.8) is 0 Å². The minimum absolute atomic E-state index is 0.149. The predicted octanol–water partition coefficient (Wildman–Crippen LogP) is 4.30. The Kier molecular flexibility index (Phi) is 4.08. The molecule has 18 heavy (non-hydrogen) atoms. The number of rotatable bonds is 3. The Hall–Kier alpha value is -1.70. The van der Waals surface area contributed by atoms with Crippen LogP contribution in [0, 0.1) is 11.3 Å². The van der Waals surface area contributed by atoms with Gasteiger partial charge in [0.2, 0.25) is 5.78 Å². The Morgan fingerprint density at radius 3 is 2.61 bits per heavy atom. The molecule has 2 rings (SSSR count). The lowest BCUT2D eigenvalue weighted by atomic mass is 10.0. The van der Waals surface area contributed by atoms with Gasteiger partial charge in [0.25, 0.3) is 0 Å². The summed E-state index contributed by atoms with van der Waals surface area (Å²) in [6, 6.07) is 12.6. The van der Waals surface area contributed by atoms with Crippen LogP contribution in [0.5, 0.6) is 0 Å². The number of allylic oxidation sites excluding steroid dienone is 1. The van der Waals surface area contributed by atoms with Gasteiger partial charge in [0.1, 0.15) is 11.6 Å². The monoisotopic (exact) mass is 317 g/mol. The van der Waals surface area contributed by atoms with E-state index >= 15 is 0 Å². The van der Waals surface area contributed by atoms with Gasteiger partial charge >= 0.3 is 0 Å². The zero-order valence-corrected chi connectivity index (χ0v) is 11.7. The molecule has 0 aliphatic heterocycles. The maximum Gasteiger partial charge on any atom is 0.203 e. The van der Waals surface area contributed by atoms with Gasteiger partial charge in [-0.15, -0.1) is 11.3 Å². The molecule has 0 atom stereocenters. The van der Waals surface area contributed by atoms with Crippen molar-refractivity contribution in [2.24, 2.45) is 0 Å². The van der Waals surface area contributed by atoms with Crippen LogP contribution in [0.15, 0.2) is 51.8 Å². The molecule has 0 spiro atoms. The van der Waals surface area contributed by atoms with E-state index < -0.39 is 0 Å². The molecular formula is C14H8BrNOS. The highest BCUT2D eigenvalue weighted by Gasteiger charge is 2.11. The number of thiophene rings is 1. The van der Waals surface area contributed by atoms with E-state index in [-0.39, 0.29) is 11.4 Å². The number of carbonyl (C=O) groups is 1. The number of hydrogen-bond donors (Lipinski definition) is 0. The second-order valence-electron chi connectivity index (χ2n) is 3.53. The van der Waals surface area contributed by atoms with Crippen LogP contribution in [0.2, 0.25) is 0 Å². The molecular weight excluding hydrogens is 310 g/mol. The Balaban J connectivity index is 2.33. The number of benzene rings is 1. The van der Waals surface area contributed by atoms with E-state index in [1.165, 1.54) is 11.3 Å². The van der Waals surface area contributed by atoms with Crippen LogP contribution in [-0.4, -0.2) is 5.78 Å². The highest BCUT2D eigenvalue weighted by Crippen LogP contribution is 2.22. The number of ketones is 1. The maximum atomic E-state index is 12.1. The van der Waals surface area contributed by atoms with E-state index in [2.05, 4.69) is 15.9 Å². The van der Waals surface area contributed by atoms with E-state index in [1.807, 2.05) is 23.6 Å². The third-order valence-electron chi connectivity index (χ3n) is 2.28. The molecule has 0 radical (unpaired) electrons. The fourth-order valence-corrected chi connectivity index (χ4v) is 2.82. The zero-order chi connectivity index (χ0) is 13.0.